The highest BCUT2D eigenvalue weighted by Crippen LogP contribution is 2.19. The number of guanidine groups is 1. The number of benzene rings is 1. The minimum atomic E-state index is 0.513. The lowest BCUT2D eigenvalue weighted by Crippen LogP contribution is -2.51. The van der Waals surface area contributed by atoms with E-state index < -0.39 is 0 Å². The molecule has 0 amide bonds. The lowest BCUT2D eigenvalue weighted by Gasteiger charge is -2.38. The van der Waals surface area contributed by atoms with Gasteiger partial charge >= 0.3 is 0 Å². The zero-order chi connectivity index (χ0) is 17.9. The molecule has 0 spiro atoms. The summed E-state index contributed by atoms with van der Waals surface area (Å²) >= 11 is 1.92. The Morgan fingerprint density at radius 2 is 2.08 bits per heavy atom. The highest BCUT2D eigenvalue weighted by atomic mass is 32.2. The summed E-state index contributed by atoms with van der Waals surface area (Å²) in [7, 11) is 1.87. The molecule has 25 heavy (non-hydrogen) atoms. The third-order valence-electron chi connectivity index (χ3n) is 4.87. The van der Waals surface area contributed by atoms with E-state index in [0.29, 0.717) is 12.1 Å². The predicted octanol–water partition coefficient (Wildman–Crippen LogP) is 3.35. The van der Waals surface area contributed by atoms with Crippen LogP contribution in [-0.4, -0.2) is 55.1 Å². The van der Waals surface area contributed by atoms with Crippen molar-refractivity contribution in [2.24, 2.45) is 4.99 Å². The van der Waals surface area contributed by atoms with E-state index in [1.807, 2.05) is 18.8 Å². The van der Waals surface area contributed by atoms with E-state index in [1.165, 1.54) is 37.0 Å². The Kier molecular flexibility index (Phi) is 9.19. The Labute approximate surface area is 157 Å². The van der Waals surface area contributed by atoms with E-state index in [4.69, 9.17) is 0 Å². The first-order valence-electron chi connectivity index (χ1n) is 9.47. The predicted molar refractivity (Wildman–Crippen MR) is 111 cm³/mol. The Morgan fingerprint density at radius 1 is 1.28 bits per heavy atom. The summed E-state index contributed by atoms with van der Waals surface area (Å²) < 4.78 is 0. The first kappa shape index (κ1) is 20.1. The number of hydrogen-bond acceptors (Lipinski definition) is 3. The second-order valence-corrected chi connectivity index (χ2v) is 7.86. The van der Waals surface area contributed by atoms with Crippen molar-refractivity contribution in [3.63, 3.8) is 0 Å². The van der Waals surface area contributed by atoms with Gasteiger partial charge in [0.15, 0.2) is 5.96 Å². The number of nitrogens with one attached hydrogen (secondary N) is 2. The van der Waals surface area contributed by atoms with Crippen LogP contribution in [-0.2, 0) is 6.54 Å². The van der Waals surface area contributed by atoms with Gasteiger partial charge in [-0.25, -0.2) is 0 Å². The first-order valence-corrected chi connectivity index (χ1v) is 10.9. The molecule has 2 atom stereocenters. The molecule has 1 aliphatic rings. The van der Waals surface area contributed by atoms with Gasteiger partial charge in [0.25, 0.3) is 0 Å². The van der Waals surface area contributed by atoms with Crippen LogP contribution in [0.15, 0.2) is 35.3 Å². The minimum Gasteiger partial charge on any atom is -0.356 e. The fraction of sp³-hybridized carbons (Fsp3) is 0.650. The smallest absolute Gasteiger partial charge is 0.191 e. The van der Waals surface area contributed by atoms with Gasteiger partial charge in [-0.1, -0.05) is 30.3 Å². The Bertz CT molecular complexity index is 506. The van der Waals surface area contributed by atoms with Gasteiger partial charge in [-0.2, -0.15) is 11.8 Å². The van der Waals surface area contributed by atoms with E-state index in [2.05, 4.69) is 64.0 Å². The van der Waals surface area contributed by atoms with Crippen molar-refractivity contribution in [2.75, 3.05) is 32.1 Å². The molecule has 2 unspecified atom stereocenters. The van der Waals surface area contributed by atoms with Crippen LogP contribution in [0.3, 0.4) is 0 Å². The van der Waals surface area contributed by atoms with E-state index in [0.717, 1.165) is 25.6 Å². The SMILES string of the molecule is CN=C(NCCCCSC)NC1CCN(Cc2ccccc2)C(C)C1. The van der Waals surface area contributed by atoms with Gasteiger partial charge in [0.1, 0.15) is 0 Å². The van der Waals surface area contributed by atoms with Crippen molar-refractivity contribution in [3.8, 4) is 0 Å². The number of likely N-dealkylation sites (tertiary alicyclic amines) is 1. The maximum atomic E-state index is 4.39. The normalized spacial score (nSPS) is 22.0. The Morgan fingerprint density at radius 3 is 2.76 bits per heavy atom. The molecule has 2 rings (SSSR count). The molecule has 1 saturated heterocycles. The molecule has 1 aliphatic heterocycles. The second kappa shape index (κ2) is 11.4. The summed E-state index contributed by atoms with van der Waals surface area (Å²) in [6.07, 6.45) is 6.97. The van der Waals surface area contributed by atoms with Crippen molar-refractivity contribution < 1.29 is 0 Å². The van der Waals surface area contributed by atoms with E-state index in [1.54, 1.807) is 0 Å². The van der Waals surface area contributed by atoms with Crippen LogP contribution < -0.4 is 10.6 Å². The summed E-state index contributed by atoms with van der Waals surface area (Å²) in [5, 5.41) is 7.08. The van der Waals surface area contributed by atoms with E-state index >= 15 is 0 Å². The van der Waals surface area contributed by atoms with Crippen LogP contribution in [0.5, 0.6) is 0 Å². The highest BCUT2D eigenvalue weighted by Gasteiger charge is 2.25. The molecule has 1 fully saturated rings. The minimum absolute atomic E-state index is 0.513. The molecular formula is C20H34N4S. The quantitative estimate of drug-likeness (QED) is 0.423. The van der Waals surface area contributed by atoms with Crippen LogP contribution in [0.25, 0.3) is 0 Å². The van der Waals surface area contributed by atoms with Crippen molar-refractivity contribution in [1.82, 2.24) is 15.5 Å². The summed E-state index contributed by atoms with van der Waals surface area (Å²) in [5.74, 6) is 2.20. The monoisotopic (exact) mass is 362 g/mol. The summed E-state index contributed by atoms with van der Waals surface area (Å²) in [5.41, 5.74) is 1.41. The molecule has 4 nitrogen and oxygen atoms in total. The Hall–Kier alpha value is -1.20. The van der Waals surface area contributed by atoms with Gasteiger partial charge in [-0.05, 0) is 50.2 Å². The maximum absolute atomic E-state index is 4.39. The Balaban J connectivity index is 1.72. The fourth-order valence-electron chi connectivity index (χ4n) is 3.37. The molecule has 5 heteroatoms. The summed E-state index contributed by atoms with van der Waals surface area (Å²) in [6, 6.07) is 11.9. The standard InChI is InChI=1S/C20H34N4S/c1-17-15-19(23-20(21-2)22-12-7-8-14-25-3)11-13-24(17)16-18-9-5-4-6-10-18/h4-6,9-10,17,19H,7-8,11-16H2,1-3H3,(H2,21,22,23). The molecule has 1 heterocycles. The zero-order valence-corrected chi connectivity index (χ0v) is 16.8. The molecule has 1 aromatic rings. The largest absolute Gasteiger partial charge is 0.356 e. The molecule has 140 valence electrons. The summed E-state index contributed by atoms with van der Waals surface area (Å²) in [4.78, 5) is 6.98. The molecule has 0 radical (unpaired) electrons. The fourth-order valence-corrected chi connectivity index (χ4v) is 3.86. The second-order valence-electron chi connectivity index (χ2n) is 6.87. The topological polar surface area (TPSA) is 39.7 Å². The average Bonchev–Trinajstić information content (AvgIpc) is 2.63. The van der Waals surface area contributed by atoms with Crippen molar-refractivity contribution in [2.45, 2.75) is 51.2 Å². The number of rotatable bonds is 8. The molecule has 0 saturated carbocycles. The lowest BCUT2D eigenvalue weighted by atomic mass is 9.97. The lowest BCUT2D eigenvalue weighted by molar-refractivity contribution is 0.134. The van der Waals surface area contributed by atoms with Gasteiger partial charge < -0.3 is 10.6 Å². The number of aliphatic imine (C=N–C) groups is 1. The van der Waals surface area contributed by atoms with Crippen LogP contribution in [0.2, 0.25) is 0 Å². The average molecular weight is 363 g/mol. The zero-order valence-electron chi connectivity index (χ0n) is 16.0. The third-order valence-corrected chi connectivity index (χ3v) is 5.57. The van der Waals surface area contributed by atoms with Gasteiger partial charge in [-0.15, -0.1) is 0 Å². The van der Waals surface area contributed by atoms with E-state index in [9.17, 15) is 0 Å². The van der Waals surface area contributed by atoms with Crippen LogP contribution in [0.4, 0.5) is 0 Å². The number of hydrogen-bond donors (Lipinski definition) is 2. The number of nitrogens with zero attached hydrogens (tertiary/aromatic N) is 2. The van der Waals surface area contributed by atoms with Crippen molar-refractivity contribution >= 4 is 17.7 Å². The number of piperidine rings is 1. The molecule has 2 N–H and O–H groups in total. The van der Waals surface area contributed by atoms with Crippen molar-refractivity contribution in [1.29, 1.82) is 0 Å². The first-order chi connectivity index (χ1) is 12.2. The molecule has 0 aliphatic carbocycles. The van der Waals surface area contributed by atoms with Gasteiger partial charge in [0.2, 0.25) is 0 Å². The van der Waals surface area contributed by atoms with Crippen LogP contribution in [0, 0.1) is 0 Å². The van der Waals surface area contributed by atoms with E-state index in [-0.39, 0.29) is 0 Å². The van der Waals surface area contributed by atoms with Crippen LogP contribution >= 0.6 is 11.8 Å². The van der Waals surface area contributed by atoms with Crippen molar-refractivity contribution in [3.05, 3.63) is 35.9 Å². The van der Waals surface area contributed by atoms with Gasteiger partial charge in [0, 0.05) is 38.8 Å². The van der Waals surface area contributed by atoms with Gasteiger partial charge in [0.05, 0.1) is 0 Å². The highest BCUT2D eigenvalue weighted by molar-refractivity contribution is 7.98. The summed E-state index contributed by atoms with van der Waals surface area (Å²) in [6.45, 7) is 5.54. The van der Waals surface area contributed by atoms with Crippen LogP contribution in [0.1, 0.15) is 38.2 Å². The van der Waals surface area contributed by atoms with Gasteiger partial charge in [-0.3, -0.25) is 9.89 Å². The molecule has 0 aromatic heterocycles. The molecule has 1 aromatic carbocycles. The molecule has 0 bridgehead atoms. The third kappa shape index (κ3) is 7.28. The maximum Gasteiger partial charge on any atom is 0.191 e. The number of unbranched alkanes of at least 4 members (excludes halogenated alkanes) is 1. The molecular weight excluding hydrogens is 328 g/mol. The number of thioether (sulfide) groups is 1.